The Bertz CT molecular complexity index is 643. The van der Waals surface area contributed by atoms with Gasteiger partial charge in [-0.15, -0.1) is 13.2 Å². The van der Waals surface area contributed by atoms with Crippen LogP contribution < -0.4 is 9.64 Å². The highest BCUT2D eigenvalue weighted by atomic mass is 19.4. The van der Waals surface area contributed by atoms with Gasteiger partial charge in [-0.2, -0.15) is 0 Å². The molecule has 1 fully saturated rings. The van der Waals surface area contributed by atoms with Crippen LogP contribution in [0.15, 0.2) is 18.2 Å². The number of carbonyl (C=O) groups is 1. The molecule has 28 heavy (non-hydrogen) atoms. The monoisotopic (exact) mass is 403 g/mol. The number of hydrogen-bond acceptors (Lipinski definition) is 5. The van der Waals surface area contributed by atoms with E-state index in [9.17, 15) is 23.1 Å². The van der Waals surface area contributed by atoms with E-state index in [2.05, 4.69) is 9.64 Å². The molecule has 0 spiro atoms. The van der Waals surface area contributed by atoms with E-state index in [4.69, 9.17) is 4.74 Å². The summed E-state index contributed by atoms with van der Waals surface area (Å²) in [4.78, 5) is 13.8. The molecular formula is C20H28F3NO4. The van der Waals surface area contributed by atoms with Gasteiger partial charge >= 0.3 is 12.3 Å². The summed E-state index contributed by atoms with van der Waals surface area (Å²) in [5, 5.41) is 9.66. The molecule has 0 amide bonds. The second-order valence-electron chi connectivity index (χ2n) is 6.97. The first-order valence-electron chi connectivity index (χ1n) is 9.69. The van der Waals surface area contributed by atoms with Gasteiger partial charge in [0.05, 0.1) is 13.2 Å². The lowest BCUT2D eigenvalue weighted by atomic mass is 9.83. The van der Waals surface area contributed by atoms with Gasteiger partial charge < -0.3 is 19.5 Å². The van der Waals surface area contributed by atoms with Crippen LogP contribution in [-0.2, 0) is 16.1 Å². The Morgan fingerprint density at radius 2 is 1.89 bits per heavy atom. The van der Waals surface area contributed by atoms with E-state index < -0.39 is 6.36 Å². The Hall–Kier alpha value is -1.96. The molecule has 1 aromatic rings. The number of ether oxygens (including phenoxy) is 2. The number of aliphatic hydroxyl groups excluding tert-OH is 1. The van der Waals surface area contributed by atoms with Crippen LogP contribution in [0.1, 0.15) is 51.5 Å². The van der Waals surface area contributed by atoms with Crippen LogP contribution in [0.5, 0.6) is 5.75 Å². The summed E-state index contributed by atoms with van der Waals surface area (Å²) in [7, 11) is 0. The van der Waals surface area contributed by atoms with Gasteiger partial charge in [0, 0.05) is 30.3 Å². The van der Waals surface area contributed by atoms with Gasteiger partial charge in [-0.3, -0.25) is 4.79 Å². The van der Waals surface area contributed by atoms with Gasteiger partial charge in [-0.25, -0.2) is 0 Å². The van der Waals surface area contributed by atoms with Gasteiger partial charge in [-0.05, 0) is 63.6 Å². The van der Waals surface area contributed by atoms with E-state index in [0.717, 1.165) is 25.7 Å². The lowest BCUT2D eigenvalue weighted by Gasteiger charge is -2.38. The van der Waals surface area contributed by atoms with Gasteiger partial charge in [0.25, 0.3) is 0 Å². The van der Waals surface area contributed by atoms with Crippen molar-refractivity contribution >= 4 is 11.7 Å². The third kappa shape index (κ3) is 6.29. The standard InChI is InChI=1S/C20H28F3NO4/c1-3-24(16-7-5-14(6-8-16)11-19(26)27-4-2)18-10-9-17(12-15(18)13-25)28-20(21,22)23/h9-10,12,14,16,25H,3-8,11,13H2,1-2H3. The first kappa shape index (κ1) is 22.3. The van der Waals surface area contributed by atoms with E-state index >= 15 is 0 Å². The highest BCUT2D eigenvalue weighted by Gasteiger charge is 2.32. The van der Waals surface area contributed by atoms with E-state index in [-0.39, 0.29) is 24.4 Å². The molecule has 0 heterocycles. The maximum absolute atomic E-state index is 12.4. The minimum Gasteiger partial charge on any atom is -0.466 e. The van der Waals surface area contributed by atoms with Crippen LogP contribution >= 0.6 is 0 Å². The summed E-state index contributed by atoms with van der Waals surface area (Å²) in [6.07, 6.45) is -0.797. The van der Waals surface area contributed by atoms with Crippen LogP contribution in [-0.4, -0.2) is 36.6 Å². The summed E-state index contributed by atoms with van der Waals surface area (Å²) in [6, 6.07) is 4.29. The van der Waals surface area contributed by atoms with Crippen molar-refractivity contribution in [3.8, 4) is 5.75 Å². The van der Waals surface area contributed by atoms with E-state index in [1.54, 1.807) is 13.0 Å². The summed E-state index contributed by atoms with van der Waals surface area (Å²) in [5.41, 5.74) is 1.12. The maximum Gasteiger partial charge on any atom is 0.573 e. The smallest absolute Gasteiger partial charge is 0.466 e. The number of anilines is 1. The number of hydrogen-bond donors (Lipinski definition) is 1. The molecule has 1 saturated carbocycles. The SMILES string of the molecule is CCOC(=O)CC1CCC(N(CC)c2ccc(OC(F)(F)F)cc2CO)CC1. The number of nitrogens with zero attached hydrogens (tertiary/aromatic N) is 1. The third-order valence-corrected chi connectivity index (χ3v) is 5.12. The molecule has 1 aliphatic carbocycles. The number of rotatable bonds is 8. The Kier molecular flexibility index (Phi) is 7.98. The van der Waals surface area contributed by atoms with Crippen molar-refractivity contribution in [2.45, 2.75) is 65.0 Å². The molecule has 2 rings (SSSR count). The Balaban J connectivity index is 2.06. The van der Waals surface area contributed by atoms with Crippen LogP contribution in [0.3, 0.4) is 0 Å². The maximum atomic E-state index is 12.4. The molecule has 0 bridgehead atoms. The zero-order valence-corrected chi connectivity index (χ0v) is 16.3. The van der Waals surface area contributed by atoms with Crippen LogP contribution in [0.4, 0.5) is 18.9 Å². The molecule has 0 aliphatic heterocycles. The molecule has 158 valence electrons. The fraction of sp³-hybridized carbons (Fsp3) is 0.650. The van der Waals surface area contributed by atoms with Crippen molar-refractivity contribution in [2.75, 3.05) is 18.1 Å². The zero-order valence-electron chi connectivity index (χ0n) is 16.3. The molecule has 1 aromatic carbocycles. The van der Waals surface area contributed by atoms with E-state index in [1.165, 1.54) is 12.1 Å². The average Bonchev–Trinajstić information content (AvgIpc) is 2.63. The minimum atomic E-state index is -4.77. The Morgan fingerprint density at radius 1 is 1.21 bits per heavy atom. The first-order valence-corrected chi connectivity index (χ1v) is 9.69. The first-order chi connectivity index (χ1) is 13.3. The van der Waals surface area contributed by atoms with Crippen molar-refractivity contribution in [1.82, 2.24) is 0 Å². The Morgan fingerprint density at radius 3 is 2.43 bits per heavy atom. The van der Waals surface area contributed by atoms with Crippen LogP contribution in [0.25, 0.3) is 0 Å². The van der Waals surface area contributed by atoms with Gasteiger partial charge in [0.15, 0.2) is 0 Å². The molecule has 0 unspecified atom stereocenters. The highest BCUT2D eigenvalue weighted by Crippen LogP contribution is 2.35. The highest BCUT2D eigenvalue weighted by molar-refractivity contribution is 5.69. The van der Waals surface area contributed by atoms with Crippen molar-refractivity contribution < 1.29 is 32.5 Å². The molecule has 0 saturated heterocycles. The van der Waals surface area contributed by atoms with Gasteiger partial charge in [0.2, 0.25) is 0 Å². The van der Waals surface area contributed by atoms with Crippen LogP contribution in [0.2, 0.25) is 0 Å². The van der Waals surface area contributed by atoms with Gasteiger partial charge in [0.1, 0.15) is 5.75 Å². The molecular weight excluding hydrogens is 375 g/mol. The third-order valence-electron chi connectivity index (χ3n) is 5.12. The summed E-state index contributed by atoms with van der Waals surface area (Å²) >= 11 is 0. The predicted molar refractivity (Wildman–Crippen MR) is 99.1 cm³/mol. The predicted octanol–water partition coefficient (Wildman–Crippen LogP) is 4.42. The topological polar surface area (TPSA) is 59.0 Å². The largest absolute Gasteiger partial charge is 0.573 e. The zero-order chi connectivity index (χ0) is 20.7. The lowest BCUT2D eigenvalue weighted by Crippen LogP contribution is -2.39. The quantitative estimate of drug-likeness (QED) is 0.652. The van der Waals surface area contributed by atoms with Crippen molar-refractivity contribution in [2.24, 2.45) is 5.92 Å². The molecule has 0 aromatic heterocycles. The fourth-order valence-corrected chi connectivity index (χ4v) is 3.91. The van der Waals surface area contributed by atoms with E-state index in [1.807, 2.05) is 6.92 Å². The van der Waals surface area contributed by atoms with Gasteiger partial charge in [-0.1, -0.05) is 0 Å². The van der Waals surface area contributed by atoms with Crippen molar-refractivity contribution in [1.29, 1.82) is 0 Å². The Labute approximate surface area is 163 Å². The number of carbonyl (C=O) groups excluding carboxylic acids is 1. The number of alkyl halides is 3. The molecule has 1 N–H and O–H groups in total. The number of benzene rings is 1. The molecule has 0 atom stereocenters. The average molecular weight is 403 g/mol. The fourth-order valence-electron chi connectivity index (χ4n) is 3.91. The molecule has 0 radical (unpaired) electrons. The molecule has 5 nitrogen and oxygen atoms in total. The minimum absolute atomic E-state index is 0.166. The molecule has 1 aliphatic rings. The van der Waals surface area contributed by atoms with Crippen molar-refractivity contribution in [3.05, 3.63) is 23.8 Å². The number of esters is 1. The van der Waals surface area contributed by atoms with Crippen LogP contribution in [0, 0.1) is 5.92 Å². The summed E-state index contributed by atoms with van der Waals surface area (Å²) in [5.74, 6) is -0.204. The molecule has 8 heteroatoms. The number of halogens is 3. The van der Waals surface area contributed by atoms with Crippen molar-refractivity contribution in [3.63, 3.8) is 0 Å². The summed E-state index contributed by atoms with van der Waals surface area (Å²) in [6.45, 7) is 4.44. The normalized spacial score (nSPS) is 19.9. The summed E-state index contributed by atoms with van der Waals surface area (Å²) < 4.78 is 46.3. The van der Waals surface area contributed by atoms with E-state index in [0.29, 0.717) is 36.7 Å². The number of aliphatic hydroxyl groups is 1. The second-order valence-corrected chi connectivity index (χ2v) is 6.97. The lowest BCUT2D eigenvalue weighted by molar-refractivity contribution is -0.274. The second kappa shape index (κ2) is 10.0.